The zero-order chi connectivity index (χ0) is 13.6. The lowest BCUT2D eigenvalue weighted by atomic mass is 10.1. The summed E-state index contributed by atoms with van der Waals surface area (Å²) in [7, 11) is 0. The average molecular weight is 266 g/mol. The molecule has 1 atom stereocenters. The quantitative estimate of drug-likeness (QED) is 0.905. The van der Waals surface area contributed by atoms with Crippen molar-refractivity contribution in [2.24, 2.45) is 0 Å². The zero-order valence-corrected chi connectivity index (χ0v) is 11.8. The fourth-order valence-electron chi connectivity index (χ4n) is 2.90. The second kappa shape index (κ2) is 6.58. The maximum atomic E-state index is 3.71. The number of anilines is 1. The van der Waals surface area contributed by atoms with Gasteiger partial charge in [0, 0.05) is 18.8 Å². The molecule has 2 heteroatoms. The van der Waals surface area contributed by atoms with Gasteiger partial charge in [-0.3, -0.25) is 5.32 Å². The van der Waals surface area contributed by atoms with Crippen molar-refractivity contribution in [3.05, 3.63) is 66.2 Å². The summed E-state index contributed by atoms with van der Waals surface area (Å²) in [5.41, 5.74) is 2.68. The molecule has 104 valence electrons. The Morgan fingerprint density at radius 3 is 2.35 bits per heavy atom. The van der Waals surface area contributed by atoms with E-state index in [-0.39, 0.29) is 0 Å². The molecule has 1 fully saturated rings. The highest BCUT2D eigenvalue weighted by Gasteiger charge is 2.21. The molecule has 1 aliphatic heterocycles. The molecular formula is C18H22N2. The van der Waals surface area contributed by atoms with Gasteiger partial charge >= 0.3 is 0 Å². The number of piperidine rings is 1. The van der Waals surface area contributed by atoms with Gasteiger partial charge in [-0.1, -0.05) is 48.5 Å². The maximum absolute atomic E-state index is 3.71. The molecule has 2 aromatic rings. The van der Waals surface area contributed by atoms with Crippen LogP contribution in [0.5, 0.6) is 0 Å². The summed E-state index contributed by atoms with van der Waals surface area (Å²) in [4.78, 5) is 2.51. The van der Waals surface area contributed by atoms with Gasteiger partial charge < -0.3 is 4.90 Å². The molecule has 0 bridgehead atoms. The Morgan fingerprint density at radius 1 is 0.900 bits per heavy atom. The van der Waals surface area contributed by atoms with Crippen LogP contribution in [-0.2, 0) is 6.54 Å². The van der Waals surface area contributed by atoms with Crippen molar-refractivity contribution in [1.82, 2.24) is 5.32 Å². The van der Waals surface area contributed by atoms with Crippen LogP contribution in [0.2, 0.25) is 0 Å². The fourth-order valence-corrected chi connectivity index (χ4v) is 2.90. The molecule has 3 rings (SSSR count). The van der Waals surface area contributed by atoms with Crippen molar-refractivity contribution >= 4 is 5.69 Å². The summed E-state index contributed by atoms with van der Waals surface area (Å²) in [5.74, 6) is 0. The second-order valence-corrected chi connectivity index (χ2v) is 5.41. The van der Waals surface area contributed by atoms with Crippen LogP contribution in [0.4, 0.5) is 5.69 Å². The monoisotopic (exact) mass is 266 g/mol. The van der Waals surface area contributed by atoms with Gasteiger partial charge in [0.05, 0.1) is 6.17 Å². The van der Waals surface area contributed by atoms with E-state index in [0.29, 0.717) is 6.17 Å². The third-order valence-corrected chi connectivity index (χ3v) is 3.98. The molecule has 0 spiro atoms. The molecule has 0 aliphatic carbocycles. The molecule has 2 nitrogen and oxygen atoms in total. The van der Waals surface area contributed by atoms with Gasteiger partial charge in [-0.2, -0.15) is 0 Å². The minimum absolute atomic E-state index is 0.450. The van der Waals surface area contributed by atoms with Crippen LogP contribution in [0.15, 0.2) is 60.7 Å². The Morgan fingerprint density at radius 2 is 1.60 bits per heavy atom. The predicted octanol–water partition coefficient (Wildman–Crippen LogP) is 3.79. The molecule has 0 aromatic heterocycles. The van der Waals surface area contributed by atoms with Crippen LogP contribution >= 0.6 is 0 Å². The first kappa shape index (κ1) is 13.2. The standard InChI is InChI=1S/C18H22N2/c1-3-9-16(10-4-1)15-19-18-13-7-8-14-20(18)17-11-5-2-6-12-17/h1-6,9-12,18-19H,7-8,13-15H2. The topological polar surface area (TPSA) is 15.3 Å². The molecule has 0 amide bonds. The number of nitrogens with one attached hydrogen (secondary N) is 1. The first-order chi connectivity index (χ1) is 9.93. The highest BCUT2D eigenvalue weighted by atomic mass is 15.3. The lowest BCUT2D eigenvalue weighted by Gasteiger charge is -2.38. The van der Waals surface area contributed by atoms with E-state index in [2.05, 4.69) is 70.9 Å². The van der Waals surface area contributed by atoms with Gasteiger partial charge in [0.1, 0.15) is 0 Å². The Hall–Kier alpha value is -1.80. The van der Waals surface area contributed by atoms with Gasteiger partial charge in [0.15, 0.2) is 0 Å². The zero-order valence-electron chi connectivity index (χ0n) is 11.8. The Balaban J connectivity index is 1.67. The molecule has 1 saturated heterocycles. The van der Waals surface area contributed by atoms with Crippen molar-refractivity contribution in [1.29, 1.82) is 0 Å². The molecular weight excluding hydrogens is 244 g/mol. The normalized spacial score (nSPS) is 19.0. The fraction of sp³-hybridized carbons (Fsp3) is 0.333. The largest absolute Gasteiger partial charge is 0.356 e. The second-order valence-electron chi connectivity index (χ2n) is 5.41. The summed E-state index contributed by atoms with van der Waals surface area (Å²) in [6.45, 7) is 2.09. The van der Waals surface area contributed by atoms with Crippen LogP contribution in [0.3, 0.4) is 0 Å². The SMILES string of the molecule is c1ccc(CNC2CCCCN2c2ccccc2)cc1. The summed E-state index contributed by atoms with van der Waals surface area (Å²) < 4.78 is 0. The molecule has 20 heavy (non-hydrogen) atoms. The average Bonchev–Trinajstić information content (AvgIpc) is 2.55. The first-order valence-corrected chi connectivity index (χ1v) is 7.52. The first-order valence-electron chi connectivity index (χ1n) is 7.52. The van der Waals surface area contributed by atoms with E-state index in [9.17, 15) is 0 Å². The van der Waals surface area contributed by atoms with Crippen LogP contribution in [0, 0.1) is 0 Å². The molecule has 2 aromatic carbocycles. The van der Waals surface area contributed by atoms with Crippen molar-refractivity contribution in [2.75, 3.05) is 11.4 Å². The summed E-state index contributed by atoms with van der Waals surface area (Å²) in [5, 5.41) is 3.71. The predicted molar refractivity (Wildman–Crippen MR) is 84.7 cm³/mol. The van der Waals surface area contributed by atoms with E-state index in [1.807, 2.05) is 0 Å². The highest BCUT2D eigenvalue weighted by Crippen LogP contribution is 2.23. The number of nitrogens with zero attached hydrogens (tertiary/aromatic N) is 1. The third-order valence-electron chi connectivity index (χ3n) is 3.98. The van der Waals surface area contributed by atoms with E-state index >= 15 is 0 Å². The lowest BCUT2D eigenvalue weighted by molar-refractivity contribution is 0.393. The molecule has 0 saturated carbocycles. The third kappa shape index (κ3) is 3.20. The highest BCUT2D eigenvalue weighted by molar-refractivity contribution is 5.47. The smallest absolute Gasteiger partial charge is 0.0798 e. The lowest BCUT2D eigenvalue weighted by Crippen LogP contribution is -2.48. The number of para-hydroxylation sites is 1. The van der Waals surface area contributed by atoms with Crippen LogP contribution in [0.1, 0.15) is 24.8 Å². The number of rotatable bonds is 4. The summed E-state index contributed by atoms with van der Waals surface area (Å²) >= 11 is 0. The van der Waals surface area contributed by atoms with Crippen molar-refractivity contribution in [2.45, 2.75) is 32.0 Å². The van der Waals surface area contributed by atoms with Gasteiger partial charge in [0.25, 0.3) is 0 Å². The van der Waals surface area contributed by atoms with Crippen LogP contribution in [-0.4, -0.2) is 12.7 Å². The summed E-state index contributed by atoms with van der Waals surface area (Å²) in [6, 6.07) is 21.4. The Bertz CT molecular complexity index is 509. The molecule has 1 heterocycles. The summed E-state index contributed by atoms with van der Waals surface area (Å²) in [6.07, 6.45) is 4.28. The minimum Gasteiger partial charge on any atom is -0.356 e. The van der Waals surface area contributed by atoms with Crippen molar-refractivity contribution < 1.29 is 0 Å². The van der Waals surface area contributed by atoms with E-state index in [4.69, 9.17) is 0 Å². The van der Waals surface area contributed by atoms with Crippen molar-refractivity contribution in [3.63, 3.8) is 0 Å². The number of hydrogen-bond acceptors (Lipinski definition) is 2. The maximum Gasteiger partial charge on any atom is 0.0798 e. The van der Waals surface area contributed by atoms with Crippen LogP contribution in [0.25, 0.3) is 0 Å². The molecule has 1 N–H and O–H groups in total. The van der Waals surface area contributed by atoms with Gasteiger partial charge in [-0.15, -0.1) is 0 Å². The van der Waals surface area contributed by atoms with E-state index < -0.39 is 0 Å². The van der Waals surface area contributed by atoms with Gasteiger partial charge in [0.2, 0.25) is 0 Å². The Labute approximate surface area is 121 Å². The number of hydrogen-bond donors (Lipinski definition) is 1. The van der Waals surface area contributed by atoms with Gasteiger partial charge in [-0.05, 0) is 37.0 Å². The van der Waals surface area contributed by atoms with E-state index in [1.165, 1.54) is 30.5 Å². The van der Waals surface area contributed by atoms with Crippen LogP contribution < -0.4 is 10.2 Å². The number of benzene rings is 2. The van der Waals surface area contributed by atoms with Crippen molar-refractivity contribution in [3.8, 4) is 0 Å². The Kier molecular flexibility index (Phi) is 4.34. The minimum atomic E-state index is 0.450. The molecule has 0 radical (unpaired) electrons. The van der Waals surface area contributed by atoms with Gasteiger partial charge in [-0.25, -0.2) is 0 Å². The molecule has 1 aliphatic rings. The molecule has 1 unspecified atom stereocenters. The van der Waals surface area contributed by atoms with E-state index in [1.54, 1.807) is 0 Å². The van der Waals surface area contributed by atoms with E-state index in [0.717, 1.165) is 13.1 Å².